The van der Waals surface area contributed by atoms with Crippen molar-refractivity contribution in [2.24, 2.45) is 11.5 Å². The summed E-state index contributed by atoms with van der Waals surface area (Å²) in [4.78, 5) is 18.8. The van der Waals surface area contributed by atoms with E-state index in [9.17, 15) is 4.79 Å². The zero-order valence-corrected chi connectivity index (χ0v) is 12.3. The van der Waals surface area contributed by atoms with Gasteiger partial charge in [-0.1, -0.05) is 11.8 Å². The largest absolute Gasteiger partial charge is 0.494 e. The minimum atomic E-state index is -1.06. The van der Waals surface area contributed by atoms with Crippen molar-refractivity contribution in [2.45, 2.75) is 24.5 Å². The van der Waals surface area contributed by atoms with Crippen molar-refractivity contribution >= 4 is 28.7 Å². The summed E-state index contributed by atoms with van der Waals surface area (Å²) >= 11 is 1.37. The van der Waals surface area contributed by atoms with Crippen LogP contribution in [0.25, 0.3) is 11.0 Å². The Morgan fingerprint density at radius 2 is 2.30 bits per heavy atom. The molecule has 0 radical (unpaired) electrons. The molecule has 1 amide bonds. The van der Waals surface area contributed by atoms with Crippen LogP contribution in [0, 0.1) is 0 Å². The van der Waals surface area contributed by atoms with Crippen LogP contribution in [-0.4, -0.2) is 33.8 Å². The van der Waals surface area contributed by atoms with Gasteiger partial charge in [-0.25, -0.2) is 4.98 Å². The third-order valence-electron chi connectivity index (χ3n) is 2.81. The number of fused-ring (bicyclic) bond motifs is 1. The molecule has 5 N–H and O–H groups in total. The fourth-order valence-corrected chi connectivity index (χ4v) is 2.50. The maximum Gasteiger partial charge on any atom is 0.238 e. The summed E-state index contributed by atoms with van der Waals surface area (Å²) in [5.41, 5.74) is 11.7. The van der Waals surface area contributed by atoms with Crippen molar-refractivity contribution in [3.63, 3.8) is 0 Å². The lowest BCUT2D eigenvalue weighted by Crippen LogP contribution is -2.51. The first-order chi connectivity index (χ1) is 9.42. The highest BCUT2D eigenvalue weighted by molar-refractivity contribution is 7.99. The first kappa shape index (κ1) is 14.7. The highest BCUT2D eigenvalue weighted by Gasteiger charge is 2.26. The van der Waals surface area contributed by atoms with Crippen molar-refractivity contribution < 1.29 is 9.53 Å². The number of rotatable bonds is 6. The van der Waals surface area contributed by atoms with Gasteiger partial charge in [0.15, 0.2) is 5.16 Å². The highest BCUT2D eigenvalue weighted by atomic mass is 32.2. The number of carbonyl (C=O) groups excluding carboxylic acids is 1. The Hall–Kier alpha value is -1.73. The number of primary amides is 1. The van der Waals surface area contributed by atoms with Gasteiger partial charge in [-0.05, 0) is 26.0 Å². The molecule has 2 rings (SSSR count). The van der Waals surface area contributed by atoms with Gasteiger partial charge in [0.25, 0.3) is 0 Å². The van der Waals surface area contributed by atoms with E-state index >= 15 is 0 Å². The molecular weight excluding hydrogens is 276 g/mol. The number of aromatic nitrogens is 2. The van der Waals surface area contributed by atoms with E-state index in [0.29, 0.717) is 17.5 Å². The van der Waals surface area contributed by atoms with Gasteiger partial charge in [-0.15, -0.1) is 0 Å². The van der Waals surface area contributed by atoms with Crippen LogP contribution >= 0.6 is 11.8 Å². The van der Waals surface area contributed by atoms with Gasteiger partial charge in [-0.2, -0.15) is 0 Å². The van der Waals surface area contributed by atoms with Gasteiger partial charge < -0.3 is 21.2 Å². The molecule has 1 aromatic carbocycles. The number of amides is 1. The van der Waals surface area contributed by atoms with E-state index in [4.69, 9.17) is 16.2 Å². The smallest absolute Gasteiger partial charge is 0.238 e. The number of nitrogens with two attached hydrogens (primary N) is 2. The molecule has 20 heavy (non-hydrogen) atoms. The zero-order valence-electron chi connectivity index (χ0n) is 11.5. The maximum absolute atomic E-state index is 11.2. The topological polar surface area (TPSA) is 107 Å². The number of nitrogens with zero attached hydrogens (tertiary/aromatic N) is 1. The lowest BCUT2D eigenvalue weighted by atomic mass is 10.1. The number of thioether (sulfide) groups is 1. The Morgan fingerprint density at radius 1 is 1.55 bits per heavy atom. The molecule has 0 aliphatic carbocycles. The molecule has 0 aliphatic heterocycles. The van der Waals surface area contributed by atoms with Crippen LogP contribution in [0.5, 0.6) is 5.75 Å². The summed E-state index contributed by atoms with van der Waals surface area (Å²) in [7, 11) is 0. The number of ether oxygens (including phenoxy) is 1. The predicted octanol–water partition coefficient (Wildman–Crippen LogP) is 1.26. The molecule has 6 nitrogen and oxygen atoms in total. The van der Waals surface area contributed by atoms with Crippen molar-refractivity contribution in [1.82, 2.24) is 9.97 Å². The minimum Gasteiger partial charge on any atom is -0.494 e. The fourth-order valence-electron chi connectivity index (χ4n) is 1.58. The summed E-state index contributed by atoms with van der Waals surface area (Å²) in [6, 6.07) is 5.65. The van der Waals surface area contributed by atoms with Crippen LogP contribution in [0.2, 0.25) is 0 Å². The second-order valence-corrected chi connectivity index (χ2v) is 5.69. The van der Waals surface area contributed by atoms with E-state index in [-0.39, 0.29) is 0 Å². The summed E-state index contributed by atoms with van der Waals surface area (Å²) in [6.07, 6.45) is 0. The quantitative estimate of drug-likeness (QED) is 0.695. The summed E-state index contributed by atoms with van der Waals surface area (Å²) in [6.45, 7) is 4.16. The predicted molar refractivity (Wildman–Crippen MR) is 79.8 cm³/mol. The molecule has 0 bridgehead atoms. The number of imidazole rings is 1. The zero-order chi connectivity index (χ0) is 14.8. The van der Waals surface area contributed by atoms with Crippen molar-refractivity contribution in [3.8, 4) is 5.75 Å². The normalized spacial score (nSPS) is 14.2. The van der Waals surface area contributed by atoms with Gasteiger partial charge >= 0.3 is 0 Å². The molecular formula is C13H18N4O2S. The summed E-state index contributed by atoms with van der Waals surface area (Å²) < 4.78 is 5.43. The van der Waals surface area contributed by atoms with Crippen LogP contribution in [0.4, 0.5) is 0 Å². The standard InChI is InChI=1S/C13H18N4O2S/c1-3-19-8-4-5-9-10(6-8)17-12(16-9)20-7-13(2,15)11(14)18/h4-6H,3,7,15H2,1-2H3,(H2,14,18)(H,16,17). The second kappa shape index (κ2) is 5.72. The molecule has 1 aromatic heterocycles. The molecule has 1 atom stereocenters. The molecule has 7 heteroatoms. The van der Waals surface area contributed by atoms with Crippen molar-refractivity contribution in [3.05, 3.63) is 18.2 Å². The van der Waals surface area contributed by atoms with E-state index in [0.717, 1.165) is 16.8 Å². The van der Waals surface area contributed by atoms with Crippen LogP contribution in [0.15, 0.2) is 23.4 Å². The summed E-state index contributed by atoms with van der Waals surface area (Å²) in [5, 5.41) is 0.701. The number of hydrogen-bond donors (Lipinski definition) is 3. The Labute approximate surface area is 121 Å². The third-order valence-corrected chi connectivity index (χ3v) is 4.03. The molecule has 1 heterocycles. The van der Waals surface area contributed by atoms with Crippen LogP contribution in [0.3, 0.4) is 0 Å². The van der Waals surface area contributed by atoms with Crippen LogP contribution in [0.1, 0.15) is 13.8 Å². The van der Waals surface area contributed by atoms with Gasteiger partial charge in [-0.3, -0.25) is 4.79 Å². The number of H-pyrrole nitrogens is 1. The number of aromatic amines is 1. The highest BCUT2D eigenvalue weighted by Crippen LogP contribution is 2.24. The number of carbonyl (C=O) groups is 1. The maximum atomic E-state index is 11.2. The Morgan fingerprint density at radius 3 is 2.95 bits per heavy atom. The van der Waals surface area contributed by atoms with Gasteiger partial charge in [0.2, 0.25) is 5.91 Å². The Kier molecular flexibility index (Phi) is 4.20. The third kappa shape index (κ3) is 3.23. The average Bonchev–Trinajstić information content (AvgIpc) is 2.79. The Bertz CT molecular complexity index is 624. The summed E-state index contributed by atoms with van der Waals surface area (Å²) in [5.74, 6) is 0.626. The SMILES string of the molecule is CCOc1ccc2nc(SCC(C)(N)C(N)=O)[nH]c2c1. The Balaban J connectivity index is 2.14. The van der Waals surface area contributed by atoms with E-state index in [1.54, 1.807) is 6.92 Å². The molecule has 0 saturated heterocycles. The average molecular weight is 294 g/mol. The van der Waals surface area contributed by atoms with Gasteiger partial charge in [0.1, 0.15) is 11.3 Å². The number of benzene rings is 1. The van der Waals surface area contributed by atoms with E-state index in [2.05, 4.69) is 9.97 Å². The molecule has 1 unspecified atom stereocenters. The fraction of sp³-hybridized carbons (Fsp3) is 0.385. The van der Waals surface area contributed by atoms with Crippen molar-refractivity contribution in [2.75, 3.05) is 12.4 Å². The molecule has 0 aliphatic rings. The first-order valence-electron chi connectivity index (χ1n) is 6.26. The second-order valence-electron chi connectivity index (χ2n) is 4.72. The monoisotopic (exact) mass is 294 g/mol. The van der Waals surface area contributed by atoms with Gasteiger partial charge in [0, 0.05) is 11.8 Å². The van der Waals surface area contributed by atoms with Crippen LogP contribution < -0.4 is 16.2 Å². The minimum absolute atomic E-state index is 0.362. The van der Waals surface area contributed by atoms with E-state index < -0.39 is 11.4 Å². The first-order valence-corrected chi connectivity index (χ1v) is 7.25. The van der Waals surface area contributed by atoms with E-state index in [1.165, 1.54) is 11.8 Å². The van der Waals surface area contributed by atoms with Gasteiger partial charge in [0.05, 0.1) is 17.6 Å². The van der Waals surface area contributed by atoms with Crippen LogP contribution in [-0.2, 0) is 4.79 Å². The lowest BCUT2D eigenvalue weighted by Gasteiger charge is -2.18. The molecule has 0 saturated carbocycles. The molecule has 2 aromatic rings. The van der Waals surface area contributed by atoms with Crippen molar-refractivity contribution in [1.29, 1.82) is 0 Å². The lowest BCUT2D eigenvalue weighted by molar-refractivity contribution is -0.121. The number of nitrogens with one attached hydrogen (secondary N) is 1. The molecule has 108 valence electrons. The molecule has 0 spiro atoms. The number of hydrogen-bond acceptors (Lipinski definition) is 5. The van der Waals surface area contributed by atoms with E-state index in [1.807, 2.05) is 25.1 Å². The molecule has 0 fully saturated rings.